The molecule has 0 unspecified atom stereocenters. The molecule has 0 saturated carbocycles. The number of rotatable bonds is 7. The zero-order valence-corrected chi connectivity index (χ0v) is 15.9. The Labute approximate surface area is 168 Å². The second kappa shape index (κ2) is 9.58. The predicted molar refractivity (Wildman–Crippen MR) is 113 cm³/mol. The van der Waals surface area contributed by atoms with Crippen molar-refractivity contribution in [2.24, 2.45) is 5.10 Å². The van der Waals surface area contributed by atoms with Crippen LogP contribution in [0.4, 0.5) is 5.69 Å². The first kappa shape index (κ1) is 19.5. The van der Waals surface area contributed by atoms with Crippen LogP contribution in [-0.4, -0.2) is 12.1 Å². The maximum atomic E-state index is 11.9. The van der Waals surface area contributed by atoms with Gasteiger partial charge in [-0.1, -0.05) is 54.1 Å². The van der Waals surface area contributed by atoms with Crippen molar-refractivity contribution in [3.63, 3.8) is 0 Å². The van der Waals surface area contributed by atoms with Crippen molar-refractivity contribution in [2.45, 2.75) is 13.0 Å². The molecular weight excluding hydrogens is 374 g/mol. The van der Waals surface area contributed by atoms with Crippen LogP contribution in [0.25, 0.3) is 0 Å². The summed E-state index contributed by atoms with van der Waals surface area (Å²) in [6.45, 7) is 0.440. The molecule has 0 aliphatic heterocycles. The molecule has 0 saturated heterocycles. The molecule has 3 rings (SSSR count). The Bertz CT molecular complexity index is 957. The molecule has 3 N–H and O–H groups in total. The van der Waals surface area contributed by atoms with Crippen LogP contribution in [0, 0.1) is 0 Å². The van der Waals surface area contributed by atoms with Crippen LogP contribution < -0.4 is 15.9 Å². The largest absolute Gasteiger partial charge is 0.487 e. The smallest absolute Gasteiger partial charge is 0.244 e. The molecule has 0 aliphatic rings. The van der Waals surface area contributed by atoms with Gasteiger partial charge in [0.05, 0.1) is 17.7 Å². The van der Waals surface area contributed by atoms with E-state index >= 15 is 0 Å². The van der Waals surface area contributed by atoms with Gasteiger partial charge in [-0.05, 0) is 47.0 Å². The number of nitrogens with two attached hydrogens (primary N) is 1. The fraction of sp³-hybridized carbons (Fsp3) is 0.0909. The third-order valence-electron chi connectivity index (χ3n) is 3.94. The third kappa shape index (κ3) is 5.86. The Kier molecular flexibility index (Phi) is 6.65. The van der Waals surface area contributed by atoms with E-state index in [1.807, 2.05) is 48.5 Å². The number of nitrogens with one attached hydrogen (secondary N) is 1. The van der Waals surface area contributed by atoms with Crippen molar-refractivity contribution < 1.29 is 9.53 Å². The number of amides is 1. The van der Waals surface area contributed by atoms with Crippen LogP contribution in [-0.2, 0) is 17.8 Å². The zero-order chi connectivity index (χ0) is 19.8. The summed E-state index contributed by atoms with van der Waals surface area (Å²) in [7, 11) is 0. The highest BCUT2D eigenvalue weighted by molar-refractivity contribution is 6.32. The molecule has 0 fully saturated rings. The topological polar surface area (TPSA) is 76.7 Å². The molecule has 0 radical (unpaired) electrons. The van der Waals surface area contributed by atoms with Crippen LogP contribution in [0.15, 0.2) is 77.9 Å². The summed E-state index contributed by atoms with van der Waals surface area (Å²) in [5.41, 5.74) is 11.5. The molecule has 142 valence electrons. The summed E-state index contributed by atoms with van der Waals surface area (Å²) < 4.78 is 5.74. The van der Waals surface area contributed by atoms with E-state index < -0.39 is 0 Å². The third-order valence-corrected chi connectivity index (χ3v) is 4.24. The summed E-state index contributed by atoms with van der Waals surface area (Å²) in [5, 5.41) is 4.45. The van der Waals surface area contributed by atoms with E-state index in [0.717, 1.165) is 16.7 Å². The lowest BCUT2D eigenvalue weighted by molar-refractivity contribution is -0.120. The summed E-state index contributed by atoms with van der Waals surface area (Å²) in [6.07, 6.45) is 1.76. The lowest BCUT2D eigenvalue weighted by atomic mass is 10.1. The van der Waals surface area contributed by atoms with Gasteiger partial charge in [-0.15, -0.1) is 0 Å². The predicted octanol–water partition coefficient (Wildman–Crippen LogP) is 4.19. The normalized spacial score (nSPS) is 10.8. The van der Waals surface area contributed by atoms with Crippen molar-refractivity contribution in [3.8, 4) is 5.75 Å². The maximum absolute atomic E-state index is 11.9. The van der Waals surface area contributed by atoms with E-state index in [-0.39, 0.29) is 12.3 Å². The first-order valence-electron chi connectivity index (χ1n) is 8.73. The number of hydrogen-bond donors (Lipinski definition) is 2. The Balaban J connectivity index is 1.51. The Morgan fingerprint density at radius 2 is 1.79 bits per heavy atom. The molecule has 0 aliphatic carbocycles. The van der Waals surface area contributed by atoms with Crippen LogP contribution in [0.3, 0.4) is 0 Å². The molecule has 0 bridgehead atoms. The quantitative estimate of drug-likeness (QED) is 0.359. The number of nitrogens with zero attached hydrogens (tertiary/aromatic N) is 1. The lowest BCUT2D eigenvalue weighted by Gasteiger charge is -2.08. The fourth-order valence-corrected chi connectivity index (χ4v) is 2.73. The maximum Gasteiger partial charge on any atom is 0.244 e. The van der Waals surface area contributed by atoms with Crippen molar-refractivity contribution in [1.29, 1.82) is 0 Å². The molecule has 3 aromatic rings. The first-order chi connectivity index (χ1) is 13.6. The van der Waals surface area contributed by atoms with Crippen LogP contribution in [0.5, 0.6) is 5.75 Å². The summed E-state index contributed by atoms with van der Waals surface area (Å²) >= 11 is 6.27. The van der Waals surface area contributed by atoms with Gasteiger partial charge < -0.3 is 10.5 Å². The number of benzene rings is 3. The van der Waals surface area contributed by atoms with Crippen molar-refractivity contribution in [3.05, 3.63) is 94.5 Å². The fourth-order valence-electron chi connectivity index (χ4n) is 2.49. The number of nitrogen functional groups attached to an aromatic ring is 1. The Morgan fingerprint density at radius 1 is 1.04 bits per heavy atom. The number of anilines is 1. The SMILES string of the molecule is Nc1ccc(CC(=O)N/N=C\c2ccc(OCc3ccccc3)c(Cl)c2)cc1. The van der Waals surface area contributed by atoms with Gasteiger partial charge in [-0.2, -0.15) is 5.10 Å². The van der Waals surface area contributed by atoms with Gasteiger partial charge in [0.2, 0.25) is 5.91 Å². The van der Waals surface area contributed by atoms with Gasteiger partial charge in [-0.25, -0.2) is 5.43 Å². The Hall–Kier alpha value is -3.31. The number of carbonyl (C=O) groups excluding carboxylic acids is 1. The van der Waals surface area contributed by atoms with Gasteiger partial charge in [0.1, 0.15) is 12.4 Å². The number of hydrogen-bond acceptors (Lipinski definition) is 4. The second-order valence-corrected chi connectivity index (χ2v) is 6.58. The highest BCUT2D eigenvalue weighted by Gasteiger charge is 2.04. The van der Waals surface area contributed by atoms with E-state index in [2.05, 4.69) is 10.5 Å². The summed E-state index contributed by atoms with van der Waals surface area (Å²) in [6, 6.07) is 22.3. The van der Waals surface area contributed by atoms with Crippen LogP contribution in [0.2, 0.25) is 5.02 Å². The van der Waals surface area contributed by atoms with Crippen molar-refractivity contribution >= 4 is 29.4 Å². The first-order valence-corrected chi connectivity index (χ1v) is 9.10. The second-order valence-electron chi connectivity index (χ2n) is 6.18. The van der Waals surface area contributed by atoms with Gasteiger partial charge >= 0.3 is 0 Å². The summed E-state index contributed by atoms with van der Waals surface area (Å²) in [5.74, 6) is 0.380. The van der Waals surface area contributed by atoms with Crippen LogP contribution >= 0.6 is 11.6 Å². The molecule has 0 aromatic heterocycles. The molecule has 1 amide bonds. The average molecular weight is 394 g/mol. The molecular formula is C22H20ClN3O2. The molecule has 3 aromatic carbocycles. The van der Waals surface area contributed by atoms with Gasteiger partial charge in [0.15, 0.2) is 0 Å². The van der Waals surface area contributed by atoms with E-state index in [4.69, 9.17) is 22.1 Å². The van der Waals surface area contributed by atoms with E-state index in [0.29, 0.717) is 23.1 Å². The number of carbonyl (C=O) groups is 1. The Morgan fingerprint density at radius 3 is 2.50 bits per heavy atom. The van der Waals surface area contributed by atoms with E-state index in [9.17, 15) is 4.79 Å². The number of halogens is 1. The highest BCUT2D eigenvalue weighted by atomic mass is 35.5. The van der Waals surface area contributed by atoms with Crippen molar-refractivity contribution in [1.82, 2.24) is 5.43 Å². The molecule has 0 spiro atoms. The van der Waals surface area contributed by atoms with Crippen LogP contribution in [0.1, 0.15) is 16.7 Å². The van der Waals surface area contributed by atoms with E-state index in [1.54, 1.807) is 24.3 Å². The minimum absolute atomic E-state index is 0.213. The molecule has 0 heterocycles. The lowest BCUT2D eigenvalue weighted by Crippen LogP contribution is -2.19. The minimum atomic E-state index is -0.213. The van der Waals surface area contributed by atoms with E-state index in [1.165, 1.54) is 6.21 Å². The van der Waals surface area contributed by atoms with Gasteiger partial charge in [0, 0.05) is 5.69 Å². The van der Waals surface area contributed by atoms with Gasteiger partial charge in [0.25, 0.3) is 0 Å². The molecule has 5 nitrogen and oxygen atoms in total. The van der Waals surface area contributed by atoms with Gasteiger partial charge in [-0.3, -0.25) is 4.79 Å². The standard InChI is InChI=1S/C22H20ClN3O2/c23-20-12-18(8-11-21(20)28-15-17-4-2-1-3-5-17)14-25-26-22(27)13-16-6-9-19(24)10-7-16/h1-12,14H,13,15,24H2,(H,26,27)/b25-14-. The molecule has 0 atom stereocenters. The number of ether oxygens (including phenoxy) is 1. The number of hydrazone groups is 1. The zero-order valence-electron chi connectivity index (χ0n) is 15.1. The molecule has 6 heteroatoms. The minimum Gasteiger partial charge on any atom is -0.487 e. The molecule has 28 heavy (non-hydrogen) atoms. The monoisotopic (exact) mass is 393 g/mol. The highest BCUT2D eigenvalue weighted by Crippen LogP contribution is 2.25. The summed E-state index contributed by atoms with van der Waals surface area (Å²) in [4.78, 5) is 11.9. The average Bonchev–Trinajstić information content (AvgIpc) is 2.70. The van der Waals surface area contributed by atoms with Crippen molar-refractivity contribution in [2.75, 3.05) is 5.73 Å².